The van der Waals surface area contributed by atoms with E-state index in [1.165, 1.54) is 31.2 Å². The minimum atomic E-state index is -4.83. The highest BCUT2D eigenvalue weighted by atomic mass is 19.4. The van der Waals surface area contributed by atoms with Crippen molar-refractivity contribution in [2.45, 2.75) is 32.2 Å². The minimum Gasteiger partial charge on any atom is -0.453 e. The molecule has 0 heterocycles. The summed E-state index contributed by atoms with van der Waals surface area (Å²) in [4.78, 5) is 35.8. The van der Waals surface area contributed by atoms with Crippen LogP contribution in [0.4, 0.5) is 23.2 Å². The summed E-state index contributed by atoms with van der Waals surface area (Å²) in [5, 5.41) is 2.38. The molecule has 0 radical (unpaired) electrons. The first-order chi connectivity index (χ1) is 14.0. The number of benzene rings is 2. The first-order valence-electron chi connectivity index (χ1n) is 8.68. The average Bonchev–Trinajstić information content (AvgIpc) is 2.67. The highest BCUT2D eigenvalue weighted by molar-refractivity contribution is 5.98. The van der Waals surface area contributed by atoms with Crippen LogP contribution in [0.5, 0.6) is 5.75 Å². The predicted octanol–water partition coefficient (Wildman–Crippen LogP) is 4.26. The fourth-order valence-electron chi connectivity index (χ4n) is 2.29. The maximum absolute atomic E-state index is 12.8. The van der Waals surface area contributed by atoms with E-state index in [-0.39, 0.29) is 29.9 Å². The molecule has 160 valence electrons. The summed E-state index contributed by atoms with van der Waals surface area (Å²) in [5.74, 6) is -2.83. The van der Waals surface area contributed by atoms with Gasteiger partial charge < -0.3 is 14.8 Å². The third-order valence-electron chi connectivity index (χ3n) is 3.76. The lowest BCUT2D eigenvalue weighted by Crippen LogP contribution is -2.30. The van der Waals surface area contributed by atoms with Crippen LogP contribution in [0.15, 0.2) is 48.5 Å². The van der Waals surface area contributed by atoms with Crippen molar-refractivity contribution in [1.82, 2.24) is 0 Å². The molecule has 0 bridgehead atoms. The van der Waals surface area contributed by atoms with Gasteiger partial charge in [-0.25, -0.2) is 4.39 Å². The molecule has 2 aromatic rings. The van der Waals surface area contributed by atoms with Crippen molar-refractivity contribution in [3.05, 3.63) is 59.9 Å². The van der Waals surface area contributed by atoms with Crippen LogP contribution >= 0.6 is 0 Å². The lowest BCUT2D eigenvalue weighted by atomic mass is 10.1. The molecule has 0 spiro atoms. The Labute approximate surface area is 168 Å². The summed E-state index contributed by atoms with van der Waals surface area (Å²) in [6.45, 7) is 1.30. The molecule has 0 aliphatic rings. The molecule has 2 rings (SSSR count). The minimum absolute atomic E-state index is 0.170. The summed E-state index contributed by atoms with van der Waals surface area (Å²) in [7, 11) is 0. The number of hydrogen-bond donors (Lipinski definition) is 1. The second-order valence-corrected chi connectivity index (χ2v) is 6.12. The Morgan fingerprint density at radius 3 is 2.13 bits per heavy atom. The molecule has 1 N–H and O–H groups in total. The van der Waals surface area contributed by atoms with Gasteiger partial charge in [0, 0.05) is 17.7 Å². The molecule has 6 nitrogen and oxygen atoms in total. The van der Waals surface area contributed by atoms with E-state index >= 15 is 0 Å². The van der Waals surface area contributed by atoms with Crippen molar-refractivity contribution < 1.29 is 41.4 Å². The van der Waals surface area contributed by atoms with E-state index in [9.17, 15) is 31.9 Å². The molecule has 0 aromatic heterocycles. The summed E-state index contributed by atoms with van der Waals surface area (Å²) < 4.78 is 57.9. The van der Waals surface area contributed by atoms with Crippen molar-refractivity contribution in [3.8, 4) is 5.75 Å². The smallest absolute Gasteiger partial charge is 0.453 e. The second kappa shape index (κ2) is 9.86. The maximum atomic E-state index is 12.8. The number of rotatable bonds is 8. The second-order valence-electron chi connectivity index (χ2n) is 6.12. The number of carbonyl (C=O) groups is 3. The zero-order valence-electron chi connectivity index (χ0n) is 15.7. The molecular formula is C20H17F4NO5. The van der Waals surface area contributed by atoms with E-state index in [0.717, 1.165) is 24.3 Å². The highest BCUT2D eigenvalue weighted by Gasteiger charge is 2.31. The van der Waals surface area contributed by atoms with Crippen molar-refractivity contribution in [3.63, 3.8) is 0 Å². The molecule has 1 amide bonds. The fourth-order valence-corrected chi connectivity index (χ4v) is 2.29. The largest absolute Gasteiger partial charge is 0.573 e. The van der Waals surface area contributed by atoms with Gasteiger partial charge in [0.05, 0.1) is 6.42 Å². The number of hydrogen-bond acceptors (Lipinski definition) is 5. The molecule has 0 aliphatic heterocycles. The lowest BCUT2D eigenvalue weighted by molar-refractivity contribution is -0.274. The Balaban J connectivity index is 1.79. The van der Waals surface area contributed by atoms with Gasteiger partial charge in [0.1, 0.15) is 11.6 Å². The standard InChI is InChI=1S/C20H17F4NO5/c1-12(19(28)25-15-6-8-16(9-7-15)30-20(22,23)24)29-18(27)11-10-17(26)13-2-4-14(21)5-3-13/h2-9,12H,10-11H2,1H3,(H,25,28). The summed E-state index contributed by atoms with van der Waals surface area (Å²) in [6.07, 6.45) is -6.49. The first-order valence-corrected chi connectivity index (χ1v) is 8.68. The van der Waals surface area contributed by atoms with Crippen LogP contribution in [0.3, 0.4) is 0 Å². The Morgan fingerprint density at radius 1 is 0.967 bits per heavy atom. The van der Waals surface area contributed by atoms with Crippen molar-refractivity contribution >= 4 is 23.3 Å². The third-order valence-corrected chi connectivity index (χ3v) is 3.76. The lowest BCUT2D eigenvalue weighted by Gasteiger charge is -2.14. The number of nitrogens with one attached hydrogen (secondary N) is 1. The highest BCUT2D eigenvalue weighted by Crippen LogP contribution is 2.24. The molecule has 1 atom stereocenters. The van der Waals surface area contributed by atoms with E-state index in [1.807, 2.05) is 0 Å². The summed E-state index contributed by atoms with van der Waals surface area (Å²) in [5.41, 5.74) is 0.414. The van der Waals surface area contributed by atoms with Gasteiger partial charge in [-0.15, -0.1) is 13.2 Å². The predicted molar refractivity (Wildman–Crippen MR) is 97.3 cm³/mol. The molecule has 1 unspecified atom stereocenters. The van der Waals surface area contributed by atoms with Crippen molar-refractivity contribution in [2.24, 2.45) is 0 Å². The molecule has 0 saturated carbocycles. The zero-order valence-corrected chi connectivity index (χ0v) is 15.7. The third kappa shape index (κ3) is 7.53. The number of carbonyl (C=O) groups excluding carboxylic acids is 3. The van der Waals surface area contributed by atoms with E-state index in [1.54, 1.807) is 0 Å². The van der Waals surface area contributed by atoms with Crippen LogP contribution < -0.4 is 10.1 Å². The van der Waals surface area contributed by atoms with Gasteiger partial charge in [0.15, 0.2) is 11.9 Å². The molecule has 30 heavy (non-hydrogen) atoms. The van der Waals surface area contributed by atoms with Crippen molar-refractivity contribution in [1.29, 1.82) is 0 Å². The van der Waals surface area contributed by atoms with Crippen LogP contribution in [0.25, 0.3) is 0 Å². The van der Waals surface area contributed by atoms with E-state index in [2.05, 4.69) is 10.1 Å². The van der Waals surface area contributed by atoms with Crippen LogP contribution in [0.1, 0.15) is 30.1 Å². The van der Waals surface area contributed by atoms with Crippen LogP contribution in [-0.4, -0.2) is 30.1 Å². The van der Waals surface area contributed by atoms with E-state index in [0.29, 0.717) is 0 Å². The van der Waals surface area contributed by atoms with Crippen LogP contribution in [0, 0.1) is 5.82 Å². The normalized spacial score (nSPS) is 12.0. The maximum Gasteiger partial charge on any atom is 0.573 e. The molecule has 0 fully saturated rings. The zero-order chi connectivity index (χ0) is 22.3. The number of anilines is 1. The van der Waals surface area contributed by atoms with Gasteiger partial charge in [0.2, 0.25) is 0 Å². The Hall–Kier alpha value is -3.43. The van der Waals surface area contributed by atoms with Gasteiger partial charge in [-0.1, -0.05) is 0 Å². The molecule has 2 aromatic carbocycles. The quantitative estimate of drug-likeness (QED) is 0.387. The summed E-state index contributed by atoms with van der Waals surface area (Å²) >= 11 is 0. The number of ether oxygens (including phenoxy) is 2. The monoisotopic (exact) mass is 427 g/mol. The molecule has 0 saturated heterocycles. The van der Waals surface area contributed by atoms with Crippen LogP contribution in [0.2, 0.25) is 0 Å². The van der Waals surface area contributed by atoms with E-state index < -0.39 is 35.9 Å². The number of esters is 1. The number of Topliss-reactive ketones (excluding diaryl/α,β-unsaturated/α-hetero) is 1. The van der Waals surface area contributed by atoms with Gasteiger partial charge >= 0.3 is 12.3 Å². The van der Waals surface area contributed by atoms with Crippen LogP contribution in [-0.2, 0) is 14.3 Å². The van der Waals surface area contributed by atoms with Gasteiger partial charge in [0.25, 0.3) is 5.91 Å². The fraction of sp³-hybridized carbons (Fsp3) is 0.250. The Kier molecular flexibility index (Phi) is 7.51. The first kappa shape index (κ1) is 22.9. The van der Waals surface area contributed by atoms with Gasteiger partial charge in [-0.05, 0) is 55.5 Å². The molecule has 10 heteroatoms. The average molecular weight is 427 g/mol. The van der Waals surface area contributed by atoms with Gasteiger partial charge in [-0.2, -0.15) is 0 Å². The number of alkyl halides is 3. The topological polar surface area (TPSA) is 81.7 Å². The number of ketones is 1. The molecule has 0 aliphatic carbocycles. The van der Waals surface area contributed by atoms with E-state index in [4.69, 9.17) is 4.74 Å². The Morgan fingerprint density at radius 2 is 1.57 bits per heavy atom. The van der Waals surface area contributed by atoms with Gasteiger partial charge in [-0.3, -0.25) is 14.4 Å². The molecular weight excluding hydrogens is 410 g/mol. The van der Waals surface area contributed by atoms with Crippen molar-refractivity contribution in [2.75, 3.05) is 5.32 Å². The number of halogens is 4. The number of amides is 1. The Bertz CT molecular complexity index is 895. The summed E-state index contributed by atoms with van der Waals surface area (Å²) in [6, 6.07) is 9.25. The SMILES string of the molecule is CC(OC(=O)CCC(=O)c1ccc(F)cc1)C(=O)Nc1ccc(OC(F)(F)F)cc1.